The molecule has 6 N–H and O–H groups in total. The molecule has 1 aliphatic rings. The molecule has 1 unspecified atom stereocenters. The highest BCUT2D eigenvalue weighted by molar-refractivity contribution is 7.91. The Labute approximate surface area is 182 Å². The minimum Gasteiger partial charge on any atom is -0.479 e. The first-order valence-electron chi connectivity index (χ1n) is 10.2. The van der Waals surface area contributed by atoms with Crippen LogP contribution in [0.2, 0.25) is 0 Å². The minimum absolute atomic E-state index is 0.0406. The normalized spacial score (nSPS) is 16.9. The molecular weight excluding hydrogens is 416 g/mol. The van der Waals surface area contributed by atoms with Crippen LogP contribution in [-0.2, 0) is 21.1 Å². The Hall–Kier alpha value is -3.07. The van der Waals surface area contributed by atoms with Crippen LogP contribution in [0.3, 0.4) is 0 Å². The summed E-state index contributed by atoms with van der Waals surface area (Å²) in [6, 6.07) is 11.4. The molecule has 0 aliphatic carbocycles. The van der Waals surface area contributed by atoms with Crippen LogP contribution in [-0.4, -0.2) is 42.9 Å². The number of rotatable bonds is 8. The van der Waals surface area contributed by atoms with Crippen LogP contribution in [0.1, 0.15) is 42.5 Å². The summed E-state index contributed by atoms with van der Waals surface area (Å²) in [5, 5.41) is 23.8. The molecule has 1 saturated heterocycles. The van der Waals surface area contributed by atoms with Gasteiger partial charge in [-0.05, 0) is 66.8 Å². The quantitative estimate of drug-likeness (QED) is 0.311. The van der Waals surface area contributed by atoms with E-state index in [2.05, 4.69) is 10.6 Å². The van der Waals surface area contributed by atoms with Gasteiger partial charge in [-0.3, -0.25) is 5.41 Å². The summed E-state index contributed by atoms with van der Waals surface area (Å²) < 4.78 is 23.4. The molecule has 0 bridgehead atoms. The summed E-state index contributed by atoms with van der Waals surface area (Å²) in [4.78, 5) is 12.0. The maximum absolute atomic E-state index is 12.0. The molecule has 0 radical (unpaired) electrons. The van der Waals surface area contributed by atoms with E-state index in [0.717, 1.165) is 17.7 Å². The van der Waals surface area contributed by atoms with Gasteiger partial charge in [-0.2, -0.15) is 0 Å². The van der Waals surface area contributed by atoms with E-state index in [1.165, 1.54) is 0 Å². The van der Waals surface area contributed by atoms with Crippen LogP contribution < -0.4 is 16.4 Å². The van der Waals surface area contributed by atoms with Crippen molar-refractivity contribution in [2.45, 2.75) is 38.3 Å². The van der Waals surface area contributed by atoms with Gasteiger partial charge in [0.15, 0.2) is 6.04 Å². The zero-order valence-corrected chi connectivity index (χ0v) is 18.2. The number of aliphatic carboxylic acids is 1. The fourth-order valence-corrected chi connectivity index (χ4v) is 5.13. The zero-order valence-electron chi connectivity index (χ0n) is 17.4. The van der Waals surface area contributed by atoms with Gasteiger partial charge in [-0.1, -0.05) is 13.0 Å². The van der Waals surface area contributed by atoms with E-state index in [4.69, 9.17) is 11.1 Å². The van der Waals surface area contributed by atoms with Gasteiger partial charge >= 0.3 is 5.97 Å². The topological polar surface area (TPSA) is 145 Å². The summed E-state index contributed by atoms with van der Waals surface area (Å²) in [5.74, 6) is -0.733. The van der Waals surface area contributed by atoms with E-state index in [1.807, 2.05) is 19.1 Å². The number of nitrogens with one attached hydrogen (secondary N) is 3. The van der Waals surface area contributed by atoms with Gasteiger partial charge in [0.05, 0.1) is 11.5 Å². The van der Waals surface area contributed by atoms with Gasteiger partial charge in [0, 0.05) is 23.0 Å². The third-order valence-corrected chi connectivity index (χ3v) is 7.15. The number of amidine groups is 1. The number of nitrogen functional groups attached to an aromatic ring is 1. The lowest BCUT2D eigenvalue weighted by Gasteiger charge is -2.25. The number of hydrogen-bond donors (Lipinski definition) is 5. The van der Waals surface area contributed by atoms with Crippen LogP contribution in [0.5, 0.6) is 0 Å². The van der Waals surface area contributed by atoms with E-state index in [9.17, 15) is 18.3 Å². The summed E-state index contributed by atoms with van der Waals surface area (Å²) >= 11 is 0. The van der Waals surface area contributed by atoms with Crippen LogP contribution in [0.4, 0.5) is 11.4 Å². The second-order valence-corrected chi connectivity index (χ2v) is 10.1. The smallest absolute Gasteiger partial charge is 0.330 e. The van der Waals surface area contributed by atoms with Crippen molar-refractivity contribution in [2.24, 2.45) is 5.73 Å². The Morgan fingerprint density at radius 1 is 1.16 bits per heavy atom. The monoisotopic (exact) mass is 444 g/mol. The predicted octanol–water partition coefficient (Wildman–Crippen LogP) is 2.76. The van der Waals surface area contributed by atoms with Gasteiger partial charge in [-0.25, -0.2) is 13.2 Å². The summed E-state index contributed by atoms with van der Waals surface area (Å²) in [7, 11) is -2.95. The number of benzene rings is 2. The van der Waals surface area contributed by atoms with Crippen LogP contribution in [0, 0.1) is 5.41 Å². The molecule has 3 rings (SSSR count). The third kappa shape index (κ3) is 5.97. The molecule has 1 aliphatic heterocycles. The van der Waals surface area contributed by atoms with Gasteiger partial charge in [0.25, 0.3) is 0 Å². The molecule has 2 aromatic rings. The highest BCUT2D eigenvalue weighted by Crippen LogP contribution is 2.27. The summed E-state index contributed by atoms with van der Waals surface area (Å²) in [5.41, 5.74) is 9.02. The lowest BCUT2D eigenvalue weighted by molar-refractivity contribution is -0.138. The molecule has 166 valence electrons. The van der Waals surface area contributed by atoms with Crippen molar-refractivity contribution < 1.29 is 18.3 Å². The average molecular weight is 445 g/mol. The lowest BCUT2D eigenvalue weighted by Crippen LogP contribution is -2.32. The molecule has 8 nitrogen and oxygen atoms in total. The van der Waals surface area contributed by atoms with Crippen molar-refractivity contribution in [3.05, 3.63) is 59.2 Å². The fourth-order valence-electron chi connectivity index (χ4n) is 3.64. The number of hydrogen-bond acceptors (Lipinski definition) is 6. The Kier molecular flexibility index (Phi) is 6.84. The number of anilines is 2. The summed E-state index contributed by atoms with van der Waals surface area (Å²) in [6.07, 6.45) is 1.81. The van der Waals surface area contributed by atoms with Crippen molar-refractivity contribution in [3.63, 3.8) is 0 Å². The van der Waals surface area contributed by atoms with Crippen molar-refractivity contribution in [2.75, 3.05) is 22.1 Å². The van der Waals surface area contributed by atoms with Gasteiger partial charge in [0.1, 0.15) is 15.7 Å². The maximum atomic E-state index is 12.0. The van der Waals surface area contributed by atoms with E-state index >= 15 is 0 Å². The highest BCUT2D eigenvalue weighted by Gasteiger charge is 2.25. The van der Waals surface area contributed by atoms with Crippen molar-refractivity contribution >= 4 is 33.0 Å². The Morgan fingerprint density at radius 3 is 2.35 bits per heavy atom. The van der Waals surface area contributed by atoms with Crippen molar-refractivity contribution in [1.29, 1.82) is 5.41 Å². The van der Waals surface area contributed by atoms with Crippen molar-refractivity contribution in [1.82, 2.24) is 0 Å². The third-order valence-electron chi connectivity index (χ3n) is 5.44. The highest BCUT2D eigenvalue weighted by atomic mass is 32.2. The lowest BCUT2D eigenvalue weighted by atomic mass is 10.00. The van der Waals surface area contributed by atoms with E-state index in [0.29, 0.717) is 29.7 Å². The average Bonchev–Trinajstić information content (AvgIpc) is 2.73. The van der Waals surface area contributed by atoms with E-state index in [-0.39, 0.29) is 23.4 Å². The number of carboxylic acids is 1. The van der Waals surface area contributed by atoms with Crippen LogP contribution in [0.25, 0.3) is 0 Å². The number of aryl methyl sites for hydroxylation is 1. The molecule has 0 amide bonds. The SMILES string of the molecule is CCc1cc(NC2CCS(=O)(=O)CC2)cc(C(Nc2ccc(C(=N)N)cc2)C(=O)O)c1. The van der Waals surface area contributed by atoms with Crippen LogP contribution in [0.15, 0.2) is 42.5 Å². The van der Waals surface area contributed by atoms with Crippen molar-refractivity contribution in [3.8, 4) is 0 Å². The molecular formula is C22H28N4O4S. The van der Waals surface area contributed by atoms with Gasteiger partial charge in [0.2, 0.25) is 0 Å². The van der Waals surface area contributed by atoms with Gasteiger partial charge < -0.3 is 21.5 Å². The van der Waals surface area contributed by atoms with Crippen LogP contribution >= 0.6 is 0 Å². The molecule has 2 aromatic carbocycles. The molecule has 31 heavy (non-hydrogen) atoms. The predicted molar refractivity (Wildman–Crippen MR) is 123 cm³/mol. The zero-order chi connectivity index (χ0) is 22.6. The first kappa shape index (κ1) is 22.6. The Balaban J connectivity index is 1.83. The second-order valence-electron chi connectivity index (χ2n) is 7.79. The molecule has 0 saturated carbocycles. The number of carboxylic acid groups (broad SMARTS) is 1. The number of sulfone groups is 1. The Bertz CT molecular complexity index is 1050. The number of nitrogens with two attached hydrogens (primary N) is 1. The summed E-state index contributed by atoms with van der Waals surface area (Å²) in [6.45, 7) is 2.00. The molecule has 1 atom stereocenters. The molecule has 1 heterocycles. The Morgan fingerprint density at radius 2 is 1.81 bits per heavy atom. The first-order valence-corrected chi connectivity index (χ1v) is 12.0. The minimum atomic E-state index is -2.95. The molecule has 1 fully saturated rings. The molecule has 0 spiro atoms. The number of carbonyl (C=O) groups is 1. The maximum Gasteiger partial charge on any atom is 0.330 e. The first-order chi connectivity index (χ1) is 14.7. The molecule has 9 heteroatoms. The second kappa shape index (κ2) is 9.38. The largest absolute Gasteiger partial charge is 0.479 e. The standard InChI is InChI=1S/C22H28N4O4S/c1-2-14-11-16(13-19(12-14)25-18-7-9-31(29,30)10-8-18)20(22(27)28)26-17-5-3-15(4-6-17)21(23)24/h3-6,11-13,18,20,25-26H,2,7-10H2,1H3,(H3,23,24)(H,27,28). The van der Waals surface area contributed by atoms with Gasteiger partial charge in [-0.15, -0.1) is 0 Å². The van der Waals surface area contributed by atoms with E-state index in [1.54, 1.807) is 30.3 Å². The fraction of sp³-hybridized carbons (Fsp3) is 0.364. The van der Waals surface area contributed by atoms with E-state index < -0.39 is 21.8 Å². The molecule has 0 aromatic heterocycles.